The number of thiocarbonyl (C=S) groups is 1. The molecule has 0 aliphatic heterocycles. The van der Waals surface area contributed by atoms with E-state index in [1.807, 2.05) is 31.2 Å². The number of aryl methyl sites for hydroxylation is 1. The maximum Gasteiger partial charge on any atom is 0.208 e. The van der Waals surface area contributed by atoms with Gasteiger partial charge in [-0.25, -0.2) is 19.6 Å². The van der Waals surface area contributed by atoms with Crippen molar-refractivity contribution in [1.29, 1.82) is 0 Å². The van der Waals surface area contributed by atoms with Crippen LogP contribution in [0.5, 0.6) is 0 Å². The number of rotatable bonds is 2. The van der Waals surface area contributed by atoms with E-state index in [0.29, 0.717) is 11.6 Å². The van der Waals surface area contributed by atoms with Crippen LogP contribution >= 0.6 is 12.2 Å². The Morgan fingerprint density at radius 2 is 1.89 bits per heavy atom. The SMILES string of the molecule is Cc1nc2ccccc2nc1-n1cnc(C(N)=S)n1. The van der Waals surface area contributed by atoms with E-state index in [4.69, 9.17) is 18.0 Å². The lowest BCUT2D eigenvalue weighted by Crippen LogP contribution is -2.12. The minimum Gasteiger partial charge on any atom is -0.387 e. The van der Waals surface area contributed by atoms with Gasteiger partial charge in [-0.2, -0.15) is 0 Å². The van der Waals surface area contributed by atoms with Crippen molar-refractivity contribution in [3.8, 4) is 5.82 Å². The lowest BCUT2D eigenvalue weighted by molar-refractivity contribution is 0.829. The molecule has 0 unspecified atom stereocenters. The Labute approximate surface area is 114 Å². The van der Waals surface area contributed by atoms with Crippen LogP contribution < -0.4 is 5.73 Å². The van der Waals surface area contributed by atoms with Gasteiger partial charge in [-0.05, 0) is 19.1 Å². The highest BCUT2D eigenvalue weighted by Gasteiger charge is 2.10. The third-order valence-electron chi connectivity index (χ3n) is 2.65. The molecule has 3 aromatic rings. The third-order valence-corrected chi connectivity index (χ3v) is 2.83. The molecule has 0 bridgehead atoms. The first-order valence-corrected chi connectivity index (χ1v) is 6.01. The average molecular weight is 270 g/mol. The highest BCUT2D eigenvalue weighted by atomic mass is 32.1. The van der Waals surface area contributed by atoms with E-state index in [1.165, 1.54) is 11.0 Å². The minimum atomic E-state index is 0.158. The van der Waals surface area contributed by atoms with Crippen molar-refractivity contribution < 1.29 is 0 Å². The van der Waals surface area contributed by atoms with Crippen molar-refractivity contribution in [3.63, 3.8) is 0 Å². The molecule has 0 spiro atoms. The number of para-hydroxylation sites is 2. The van der Waals surface area contributed by atoms with Gasteiger partial charge in [-0.3, -0.25) is 0 Å². The fraction of sp³-hybridized carbons (Fsp3) is 0.0833. The van der Waals surface area contributed by atoms with Crippen molar-refractivity contribution in [1.82, 2.24) is 24.7 Å². The van der Waals surface area contributed by atoms with Gasteiger partial charge in [0, 0.05) is 0 Å². The molecule has 0 radical (unpaired) electrons. The molecular formula is C12H10N6S. The summed E-state index contributed by atoms with van der Waals surface area (Å²) in [5, 5.41) is 4.18. The quantitative estimate of drug-likeness (QED) is 0.703. The molecule has 3 rings (SSSR count). The van der Waals surface area contributed by atoms with Crippen LogP contribution in [0.25, 0.3) is 16.9 Å². The maximum atomic E-state index is 5.49. The van der Waals surface area contributed by atoms with Crippen LogP contribution in [0.1, 0.15) is 11.5 Å². The summed E-state index contributed by atoms with van der Waals surface area (Å²) in [5.74, 6) is 0.943. The number of nitrogens with zero attached hydrogens (tertiary/aromatic N) is 5. The first-order chi connectivity index (χ1) is 9.15. The van der Waals surface area contributed by atoms with Gasteiger partial charge in [0.2, 0.25) is 5.82 Å². The molecule has 0 aliphatic carbocycles. The predicted octanol–water partition coefficient (Wildman–Crippen LogP) is 1.15. The van der Waals surface area contributed by atoms with Gasteiger partial charge in [0.25, 0.3) is 0 Å². The van der Waals surface area contributed by atoms with E-state index >= 15 is 0 Å². The molecule has 0 atom stereocenters. The summed E-state index contributed by atoms with van der Waals surface area (Å²) in [5.41, 5.74) is 7.90. The second-order valence-corrected chi connectivity index (χ2v) is 4.44. The Bertz CT molecular complexity index is 779. The highest BCUT2D eigenvalue weighted by Crippen LogP contribution is 2.14. The van der Waals surface area contributed by atoms with Gasteiger partial charge in [-0.1, -0.05) is 24.4 Å². The molecule has 0 amide bonds. The van der Waals surface area contributed by atoms with Crippen LogP contribution in [0.3, 0.4) is 0 Å². The number of aromatic nitrogens is 5. The lowest BCUT2D eigenvalue weighted by atomic mass is 10.3. The summed E-state index contributed by atoms with van der Waals surface area (Å²) >= 11 is 4.84. The van der Waals surface area contributed by atoms with Gasteiger partial charge >= 0.3 is 0 Å². The van der Waals surface area contributed by atoms with Gasteiger partial charge in [0.05, 0.1) is 16.7 Å². The highest BCUT2D eigenvalue weighted by molar-refractivity contribution is 7.80. The number of nitrogens with two attached hydrogens (primary N) is 1. The predicted molar refractivity (Wildman–Crippen MR) is 75.1 cm³/mol. The summed E-state index contributed by atoms with van der Waals surface area (Å²) in [6.07, 6.45) is 1.53. The normalized spacial score (nSPS) is 10.8. The number of benzene rings is 1. The molecule has 1 aromatic carbocycles. The number of hydrogen-bond donors (Lipinski definition) is 1. The Morgan fingerprint density at radius 3 is 2.53 bits per heavy atom. The zero-order valence-corrected chi connectivity index (χ0v) is 10.9. The standard InChI is InChI=1S/C12H10N6S/c1-7-12(18-6-14-11(17-18)10(13)19)16-9-5-3-2-4-8(9)15-7/h2-6H,1H3,(H2,13,19). The van der Waals surface area contributed by atoms with Crippen LogP contribution in [0, 0.1) is 6.92 Å². The van der Waals surface area contributed by atoms with E-state index in [9.17, 15) is 0 Å². The number of fused-ring (bicyclic) bond motifs is 1. The topological polar surface area (TPSA) is 82.5 Å². The lowest BCUT2D eigenvalue weighted by Gasteiger charge is -2.05. The smallest absolute Gasteiger partial charge is 0.208 e. The van der Waals surface area contributed by atoms with E-state index in [2.05, 4.69) is 20.1 Å². The molecule has 0 fully saturated rings. The maximum absolute atomic E-state index is 5.49. The molecule has 7 heteroatoms. The molecule has 0 aliphatic rings. The van der Waals surface area contributed by atoms with Gasteiger partial charge in [-0.15, -0.1) is 5.10 Å². The third kappa shape index (κ3) is 2.04. The van der Waals surface area contributed by atoms with Crippen LogP contribution in [-0.2, 0) is 0 Å². The average Bonchev–Trinajstić information content (AvgIpc) is 2.87. The first kappa shape index (κ1) is 11.7. The molecular weight excluding hydrogens is 260 g/mol. The fourth-order valence-corrected chi connectivity index (χ4v) is 1.87. The molecule has 2 N–H and O–H groups in total. The van der Waals surface area contributed by atoms with E-state index < -0.39 is 0 Å². The summed E-state index contributed by atoms with van der Waals surface area (Å²) in [4.78, 5) is 13.2. The zero-order valence-electron chi connectivity index (χ0n) is 10.1. The van der Waals surface area contributed by atoms with Crippen molar-refractivity contribution in [3.05, 3.63) is 42.1 Å². The Kier molecular flexibility index (Phi) is 2.68. The first-order valence-electron chi connectivity index (χ1n) is 5.60. The second kappa shape index (κ2) is 4.36. The van der Waals surface area contributed by atoms with E-state index in [1.54, 1.807) is 0 Å². The molecule has 6 nitrogen and oxygen atoms in total. The van der Waals surface area contributed by atoms with Crippen molar-refractivity contribution >= 4 is 28.2 Å². The second-order valence-electron chi connectivity index (χ2n) is 4.00. The summed E-state index contributed by atoms with van der Waals surface area (Å²) in [7, 11) is 0. The van der Waals surface area contributed by atoms with Gasteiger partial charge < -0.3 is 5.73 Å². The summed E-state index contributed by atoms with van der Waals surface area (Å²) in [6, 6.07) is 7.66. The van der Waals surface area contributed by atoms with Crippen molar-refractivity contribution in [2.45, 2.75) is 6.92 Å². The summed E-state index contributed by atoms with van der Waals surface area (Å²) < 4.78 is 1.53. The van der Waals surface area contributed by atoms with Crippen LogP contribution in [-0.4, -0.2) is 29.7 Å². The van der Waals surface area contributed by atoms with Crippen molar-refractivity contribution in [2.75, 3.05) is 0 Å². The molecule has 94 valence electrons. The Balaban J connectivity index is 2.18. The van der Waals surface area contributed by atoms with Crippen molar-refractivity contribution in [2.24, 2.45) is 5.73 Å². The minimum absolute atomic E-state index is 0.158. The van der Waals surface area contributed by atoms with Crippen LogP contribution in [0.4, 0.5) is 0 Å². The Morgan fingerprint density at radius 1 is 1.21 bits per heavy atom. The molecule has 2 heterocycles. The molecule has 2 aromatic heterocycles. The van der Waals surface area contributed by atoms with E-state index in [-0.39, 0.29) is 4.99 Å². The molecule has 0 saturated heterocycles. The number of hydrogen-bond acceptors (Lipinski definition) is 5. The summed E-state index contributed by atoms with van der Waals surface area (Å²) in [6.45, 7) is 1.87. The van der Waals surface area contributed by atoms with E-state index in [0.717, 1.165) is 16.7 Å². The van der Waals surface area contributed by atoms with Gasteiger partial charge in [0.1, 0.15) is 11.3 Å². The zero-order chi connectivity index (χ0) is 13.4. The Hall–Kier alpha value is -2.41. The largest absolute Gasteiger partial charge is 0.387 e. The molecule has 19 heavy (non-hydrogen) atoms. The fourth-order valence-electron chi connectivity index (χ4n) is 1.77. The van der Waals surface area contributed by atoms with Crippen LogP contribution in [0.15, 0.2) is 30.6 Å². The monoisotopic (exact) mass is 270 g/mol. The van der Waals surface area contributed by atoms with Gasteiger partial charge in [0.15, 0.2) is 5.82 Å². The molecule has 0 saturated carbocycles. The van der Waals surface area contributed by atoms with Crippen LogP contribution in [0.2, 0.25) is 0 Å².